The van der Waals surface area contributed by atoms with E-state index in [2.05, 4.69) is 10.2 Å². The van der Waals surface area contributed by atoms with Crippen molar-refractivity contribution in [3.05, 3.63) is 76.7 Å². The van der Waals surface area contributed by atoms with Crippen LogP contribution in [0.25, 0.3) is 17.3 Å². The fourth-order valence-corrected chi connectivity index (χ4v) is 2.39. The number of nitrogens with one attached hydrogen (secondary N) is 1. The van der Waals surface area contributed by atoms with Crippen molar-refractivity contribution < 1.29 is 13.9 Å². The van der Waals surface area contributed by atoms with E-state index in [4.69, 9.17) is 16.3 Å². The van der Waals surface area contributed by atoms with Crippen LogP contribution >= 0.6 is 11.6 Å². The number of carbonyl (C=O) groups excluding carboxylic acids is 1. The molecule has 126 valence electrons. The average Bonchev–Trinajstić information content (AvgIpc) is 3.09. The molecular weight excluding hydrogens is 343 g/mol. The molecule has 0 fully saturated rings. The van der Waals surface area contributed by atoms with Gasteiger partial charge in [-0.15, -0.1) is 0 Å². The zero-order valence-electron chi connectivity index (χ0n) is 13.3. The molecule has 3 aromatic rings. The van der Waals surface area contributed by atoms with Crippen molar-refractivity contribution in [2.75, 3.05) is 7.11 Å². The van der Waals surface area contributed by atoms with Crippen molar-refractivity contribution in [3.8, 4) is 17.0 Å². The van der Waals surface area contributed by atoms with Gasteiger partial charge in [-0.05, 0) is 42.5 Å². The summed E-state index contributed by atoms with van der Waals surface area (Å²) in [6.07, 6.45) is 2.85. The Morgan fingerprint density at radius 1 is 1.20 bits per heavy atom. The Labute approximate surface area is 148 Å². The van der Waals surface area contributed by atoms with Crippen molar-refractivity contribution in [2.45, 2.75) is 0 Å². The first-order valence-electron chi connectivity index (χ1n) is 7.44. The lowest BCUT2D eigenvalue weighted by Crippen LogP contribution is -1.99. The van der Waals surface area contributed by atoms with Crippen LogP contribution in [0.4, 0.5) is 4.39 Å². The number of benzene rings is 2. The summed E-state index contributed by atoms with van der Waals surface area (Å²) in [6, 6.07) is 13.2. The van der Waals surface area contributed by atoms with Crippen molar-refractivity contribution in [3.63, 3.8) is 0 Å². The van der Waals surface area contributed by atoms with Gasteiger partial charge in [0, 0.05) is 16.7 Å². The first-order valence-corrected chi connectivity index (χ1v) is 7.82. The Kier molecular flexibility index (Phi) is 4.95. The highest BCUT2D eigenvalue weighted by molar-refractivity contribution is 6.30. The lowest BCUT2D eigenvalue weighted by atomic mass is 10.1. The largest absolute Gasteiger partial charge is 0.497 e. The molecule has 1 aromatic heterocycles. The zero-order valence-corrected chi connectivity index (χ0v) is 14.0. The Morgan fingerprint density at radius 2 is 1.96 bits per heavy atom. The molecule has 0 unspecified atom stereocenters. The van der Waals surface area contributed by atoms with Gasteiger partial charge in [0.25, 0.3) is 0 Å². The van der Waals surface area contributed by atoms with Crippen LogP contribution in [0.15, 0.2) is 54.6 Å². The van der Waals surface area contributed by atoms with E-state index in [0.717, 1.165) is 11.3 Å². The van der Waals surface area contributed by atoms with Gasteiger partial charge in [-0.1, -0.05) is 23.7 Å². The van der Waals surface area contributed by atoms with Gasteiger partial charge in [0.15, 0.2) is 5.78 Å². The average molecular weight is 357 g/mol. The van der Waals surface area contributed by atoms with Gasteiger partial charge in [0.05, 0.1) is 24.1 Å². The highest BCUT2D eigenvalue weighted by Crippen LogP contribution is 2.21. The third kappa shape index (κ3) is 3.95. The third-order valence-corrected chi connectivity index (χ3v) is 3.85. The number of ketones is 1. The van der Waals surface area contributed by atoms with E-state index in [1.165, 1.54) is 25.3 Å². The lowest BCUT2D eigenvalue weighted by molar-refractivity contribution is 0.104. The molecule has 0 saturated heterocycles. The third-order valence-electron chi connectivity index (χ3n) is 3.59. The van der Waals surface area contributed by atoms with E-state index in [0.29, 0.717) is 16.5 Å². The van der Waals surface area contributed by atoms with Crippen LogP contribution in [0.3, 0.4) is 0 Å². The molecule has 4 nitrogen and oxygen atoms in total. The second-order valence-corrected chi connectivity index (χ2v) is 5.70. The predicted octanol–water partition coefficient (Wildman–Crippen LogP) is 4.77. The molecule has 6 heteroatoms. The summed E-state index contributed by atoms with van der Waals surface area (Å²) in [7, 11) is 1.44. The summed E-state index contributed by atoms with van der Waals surface area (Å²) in [6.45, 7) is 0. The number of allylic oxidation sites excluding steroid dienone is 1. The van der Waals surface area contributed by atoms with Crippen LogP contribution in [-0.4, -0.2) is 23.1 Å². The van der Waals surface area contributed by atoms with Crippen LogP contribution in [0, 0.1) is 5.82 Å². The number of carbonyl (C=O) groups is 1. The van der Waals surface area contributed by atoms with Crippen LogP contribution in [0.2, 0.25) is 5.02 Å². The van der Waals surface area contributed by atoms with Crippen molar-refractivity contribution >= 4 is 23.5 Å². The molecule has 0 amide bonds. The summed E-state index contributed by atoms with van der Waals surface area (Å²) in [5.41, 5.74) is 2.23. The first-order chi connectivity index (χ1) is 12.1. The van der Waals surface area contributed by atoms with E-state index in [9.17, 15) is 9.18 Å². The summed E-state index contributed by atoms with van der Waals surface area (Å²) in [4.78, 5) is 12.1. The zero-order chi connectivity index (χ0) is 17.8. The number of hydrogen-bond donors (Lipinski definition) is 1. The number of H-pyrrole nitrogens is 1. The molecule has 0 spiro atoms. The Balaban J connectivity index is 1.76. The van der Waals surface area contributed by atoms with Crippen molar-refractivity contribution in [1.82, 2.24) is 10.2 Å². The maximum Gasteiger partial charge on any atom is 0.188 e. The van der Waals surface area contributed by atoms with Crippen molar-refractivity contribution in [1.29, 1.82) is 0 Å². The highest BCUT2D eigenvalue weighted by Gasteiger charge is 2.10. The van der Waals surface area contributed by atoms with Gasteiger partial charge >= 0.3 is 0 Å². The Hall–Kier alpha value is -2.92. The molecule has 0 bridgehead atoms. The first kappa shape index (κ1) is 16.9. The fourth-order valence-electron chi connectivity index (χ4n) is 2.27. The van der Waals surface area contributed by atoms with Gasteiger partial charge in [-0.25, -0.2) is 4.39 Å². The SMILES string of the molecule is COc1ccc(C(=O)/C=C/c2cc(-c3ccc(Cl)cc3)n[nH]2)c(F)c1. The molecular formula is C19H14ClFN2O2. The van der Waals surface area contributed by atoms with Gasteiger partial charge in [0.1, 0.15) is 11.6 Å². The second-order valence-electron chi connectivity index (χ2n) is 5.26. The molecule has 2 aromatic carbocycles. The number of ether oxygens (including phenoxy) is 1. The molecule has 1 heterocycles. The predicted molar refractivity (Wildman–Crippen MR) is 95.4 cm³/mol. The molecule has 0 aliphatic heterocycles. The minimum absolute atomic E-state index is 0.0190. The normalized spacial score (nSPS) is 11.0. The van der Waals surface area contributed by atoms with Gasteiger partial charge in [0.2, 0.25) is 0 Å². The monoisotopic (exact) mass is 356 g/mol. The minimum atomic E-state index is -0.625. The molecule has 25 heavy (non-hydrogen) atoms. The molecule has 0 radical (unpaired) electrons. The van der Waals surface area contributed by atoms with E-state index in [-0.39, 0.29) is 5.56 Å². The van der Waals surface area contributed by atoms with Crippen LogP contribution in [0.1, 0.15) is 16.1 Å². The van der Waals surface area contributed by atoms with Crippen molar-refractivity contribution in [2.24, 2.45) is 0 Å². The van der Waals surface area contributed by atoms with E-state index in [1.807, 2.05) is 12.1 Å². The Bertz CT molecular complexity index is 933. The Morgan fingerprint density at radius 3 is 2.64 bits per heavy atom. The molecule has 0 aliphatic rings. The van der Waals surface area contributed by atoms with Crippen LogP contribution < -0.4 is 4.74 Å². The van der Waals surface area contributed by atoms with Crippen LogP contribution in [-0.2, 0) is 0 Å². The van der Waals surface area contributed by atoms with Crippen LogP contribution in [0.5, 0.6) is 5.75 Å². The summed E-state index contributed by atoms with van der Waals surface area (Å²) in [5.74, 6) is -0.706. The van der Waals surface area contributed by atoms with Gasteiger partial charge in [-0.2, -0.15) is 5.10 Å². The van der Waals surface area contributed by atoms with E-state index < -0.39 is 11.6 Å². The number of aromatic amines is 1. The fraction of sp³-hybridized carbons (Fsp3) is 0.0526. The molecule has 1 N–H and O–H groups in total. The number of nitrogens with zero attached hydrogens (tertiary/aromatic N) is 1. The quantitative estimate of drug-likeness (QED) is 0.529. The topological polar surface area (TPSA) is 55.0 Å². The van der Waals surface area contributed by atoms with Gasteiger partial charge in [-0.3, -0.25) is 9.89 Å². The molecule has 0 atom stereocenters. The summed E-state index contributed by atoms with van der Waals surface area (Å²) in [5, 5.41) is 7.65. The number of hydrogen-bond acceptors (Lipinski definition) is 3. The maximum absolute atomic E-state index is 13.9. The second kappa shape index (κ2) is 7.32. The number of rotatable bonds is 5. The lowest BCUT2D eigenvalue weighted by Gasteiger charge is -2.02. The summed E-state index contributed by atoms with van der Waals surface area (Å²) < 4.78 is 18.8. The van der Waals surface area contributed by atoms with Gasteiger partial charge < -0.3 is 4.74 Å². The van der Waals surface area contributed by atoms with E-state index >= 15 is 0 Å². The molecule has 3 rings (SSSR count). The maximum atomic E-state index is 13.9. The number of halogens is 2. The van der Waals surface area contributed by atoms with E-state index in [1.54, 1.807) is 30.3 Å². The smallest absolute Gasteiger partial charge is 0.188 e. The summed E-state index contributed by atoms with van der Waals surface area (Å²) >= 11 is 5.86. The highest BCUT2D eigenvalue weighted by atomic mass is 35.5. The minimum Gasteiger partial charge on any atom is -0.497 e. The number of methoxy groups -OCH3 is 1. The standard InChI is InChI=1S/C19H14ClFN2O2/c1-25-15-7-8-16(17(21)11-15)19(24)9-6-14-10-18(23-22-14)12-2-4-13(20)5-3-12/h2-11H,1H3,(H,22,23)/b9-6+. The molecule has 0 saturated carbocycles. The molecule has 0 aliphatic carbocycles. The number of aromatic nitrogens is 2.